The van der Waals surface area contributed by atoms with Gasteiger partial charge in [0.15, 0.2) is 0 Å². The van der Waals surface area contributed by atoms with Crippen LogP contribution in [0, 0.1) is 6.92 Å². The maximum absolute atomic E-state index is 10.5. The Kier molecular flexibility index (Phi) is 2.90. The van der Waals surface area contributed by atoms with Crippen molar-refractivity contribution in [2.45, 2.75) is 13.5 Å². The van der Waals surface area contributed by atoms with Crippen LogP contribution in [0.4, 0.5) is 4.79 Å². The standard InChI is InChI=1S/C10H13NO2/c1-8-3-5-9(6-4-8)7-11(2)10(12)13/h3-6H,7H2,1-2H3,(H,12,13). The molecule has 3 heteroatoms. The highest BCUT2D eigenvalue weighted by molar-refractivity contribution is 5.64. The predicted octanol–water partition coefficient (Wildman–Crippen LogP) is 2.10. The van der Waals surface area contributed by atoms with Gasteiger partial charge >= 0.3 is 6.09 Å². The van der Waals surface area contributed by atoms with E-state index in [0.717, 1.165) is 5.56 Å². The molecule has 0 aliphatic heterocycles. The van der Waals surface area contributed by atoms with Gasteiger partial charge in [-0.2, -0.15) is 0 Å². The molecular formula is C10H13NO2. The number of aryl methyl sites for hydroxylation is 1. The SMILES string of the molecule is Cc1ccc(CN(C)C(=O)O)cc1. The van der Waals surface area contributed by atoms with Crippen molar-refractivity contribution in [3.05, 3.63) is 35.4 Å². The fourth-order valence-corrected chi connectivity index (χ4v) is 1.03. The Morgan fingerprint density at radius 3 is 2.38 bits per heavy atom. The van der Waals surface area contributed by atoms with Crippen molar-refractivity contribution < 1.29 is 9.90 Å². The summed E-state index contributed by atoms with van der Waals surface area (Å²) in [6.45, 7) is 2.44. The fourth-order valence-electron chi connectivity index (χ4n) is 1.03. The quantitative estimate of drug-likeness (QED) is 0.755. The minimum atomic E-state index is -0.902. The average Bonchev–Trinajstić information content (AvgIpc) is 2.08. The Labute approximate surface area is 77.6 Å². The Morgan fingerprint density at radius 1 is 1.38 bits per heavy atom. The van der Waals surface area contributed by atoms with Gasteiger partial charge in [0.2, 0.25) is 0 Å². The zero-order chi connectivity index (χ0) is 9.84. The molecule has 1 rings (SSSR count). The van der Waals surface area contributed by atoms with Crippen molar-refractivity contribution in [1.82, 2.24) is 4.90 Å². The van der Waals surface area contributed by atoms with Crippen molar-refractivity contribution in [2.24, 2.45) is 0 Å². The highest BCUT2D eigenvalue weighted by atomic mass is 16.4. The number of hydrogen-bond donors (Lipinski definition) is 1. The largest absolute Gasteiger partial charge is 0.465 e. The third-order valence-corrected chi connectivity index (χ3v) is 1.87. The van der Waals surface area contributed by atoms with Gasteiger partial charge in [0, 0.05) is 13.6 Å². The molecule has 1 N–H and O–H groups in total. The maximum Gasteiger partial charge on any atom is 0.407 e. The summed E-state index contributed by atoms with van der Waals surface area (Å²) >= 11 is 0. The van der Waals surface area contributed by atoms with Crippen LogP contribution in [0.15, 0.2) is 24.3 Å². The summed E-state index contributed by atoms with van der Waals surface area (Å²) in [6, 6.07) is 7.83. The molecule has 0 atom stereocenters. The molecule has 0 spiro atoms. The van der Waals surface area contributed by atoms with Gasteiger partial charge in [0.25, 0.3) is 0 Å². The van der Waals surface area contributed by atoms with Crippen LogP contribution >= 0.6 is 0 Å². The zero-order valence-corrected chi connectivity index (χ0v) is 7.82. The lowest BCUT2D eigenvalue weighted by Crippen LogP contribution is -2.23. The van der Waals surface area contributed by atoms with Crippen LogP contribution in [0.1, 0.15) is 11.1 Å². The second-order valence-corrected chi connectivity index (χ2v) is 3.12. The van der Waals surface area contributed by atoms with Gasteiger partial charge in [0.1, 0.15) is 0 Å². The van der Waals surface area contributed by atoms with Crippen molar-refractivity contribution >= 4 is 6.09 Å². The van der Waals surface area contributed by atoms with Gasteiger partial charge in [-0.25, -0.2) is 4.79 Å². The lowest BCUT2D eigenvalue weighted by molar-refractivity contribution is 0.154. The number of benzene rings is 1. The van der Waals surface area contributed by atoms with Gasteiger partial charge in [-0.3, -0.25) is 0 Å². The summed E-state index contributed by atoms with van der Waals surface area (Å²) in [6.07, 6.45) is -0.902. The van der Waals surface area contributed by atoms with Gasteiger partial charge in [-0.15, -0.1) is 0 Å². The van der Waals surface area contributed by atoms with E-state index < -0.39 is 6.09 Å². The lowest BCUT2D eigenvalue weighted by Gasteiger charge is -2.12. The summed E-state index contributed by atoms with van der Waals surface area (Å²) in [7, 11) is 1.56. The number of carboxylic acid groups (broad SMARTS) is 1. The Hall–Kier alpha value is -1.51. The average molecular weight is 179 g/mol. The van der Waals surface area contributed by atoms with E-state index in [0.29, 0.717) is 6.54 Å². The van der Waals surface area contributed by atoms with Crippen LogP contribution in [0.2, 0.25) is 0 Å². The number of rotatable bonds is 2. The van der Waals surface area contributed by atoms with Crippen molar-refractivity contribution in [2.75, 3.05) is 7.05 Å². The molecule has 0 aliphatic carbocycles. The summed E-state index contributed by atoms with van der Waals surface area (Å²) < 4.78 is 0. The Bertz CT molecular complexity index is 292. The molecule has 0 radical (unpaired) electrons. The molecule has 0 unspecified atom stereocenters. The van der Waals surface area contributed by atoms with Gasteiger partial charge < -0.3 is 10.0 Å². The molecular weight excluding hydrogens is 166 g/mol. The third kappa shape index (κ3) is 2.78. The number of nitrogens with zero attached hydrogens (tertiary/aromatic N) is 1. The van der Waals surface area contributed by atoms with Gasteiger partial charge in [-0.1, -0.05) is 29.8 Å². The minimum absolute atomic E-state index is 0.440. The topological polar surface area (TPSA) is 40.5 Å². The molecule has 0 fully saturated rings. The van der Waals surface area contributed by atoms with Crippen molar-refractivity contribution in [3.63, 3.8) is 0 Å². The normalized spacial score (nSPS) is 9.69. The Morgan fingerprint density at radius 2 is 1.92 bits per heavy atom. The maximum atomic E-state index is 10.5. The molecule has 70 valence electrons. The lowest BCUT2D eigenvalue weighted by atomic mass is 10.1. The fraction of sp³-hybridized carbons (Fsp3) is 0.300. The van der Waals surface area contributed by atoms with E-state index in [1.807, 2.05) is 31.2 Å². The first-order valence-electron chi connectivity index (χ1n) is 4.09. The first kappa shape index (κ1) is 9.58. The monoisotopic (exact) mass is 179 g/mol. The van der Waals surface area contributed by atoms with E-state index in [1.165, 1.54) is 10.5 Å². The second-order valence-electron chi connectivity index (χ2n) is 3.12. The van der Waals surface area contributed by atoms with E-state index in [1.54, 1.807) is 7.05 Å². The van der Waals surface area contributed by atoms with Gasteiger partial charge in [0.05, 0.1) is 0 Å². The molecule has 0 aliphatic rings. The van der Waals surface area contributed by atoms with Crippen LogP contribution in [0.25, 0.3) is 0 Å². The zero-order valence-electron chi connectivity index (χ0n) is 7.82. The van der Waals surface area contributed by atoms with Crippen molar-refractivity contribution in [1.29, 1.82) is 0 Å². The number of hydrogen-bond acceptors (Lipinski definition) is 1. The van der Waals surface area contributed by atoms with E-state index in [9.17, 15) is 4.79 Å². The summed E-state index contributed by atoms with van der Waals surface area (Å²) in [5, 5.41) is 8.62. The van der Waals surface area contributed by atoms with Crippen LogP contribution in [0.5, 0.6) is 0 Å². The highest BCUT2D eigenvalue weighted by Crippen LogP contribution is 2.05. The summed E-state index contributed by atoms with van der Waals surface area (Å²) in [5.74, 6) is 0. The first-order valence-corrected chi connectivity index (χ1v) is 4.09. The Balaban J connectivity index is 2.64. The summed E-state index contributed by atoms with van der Waals surface area (Å²) in [4.78, 5) is 11.8. The predicted molar refractivity (Wildman–Crippen MR) is 50.7 cm³/mol. The van der Waals surface area contributed by atoms with E-state index in [-0.39, 0.29) is 0 Å². The van der Waals surface area contributed by atoms with E-state index >= 15 is 0 Å². The molecule has 1 aromatic carbocycles. The van der Waals surface area contributed by atoms with Crippen LogP contribution in [0.3, 0.4) is 0 Å². The van der Waals surface area contributed by atoms with Gasteiger partial charge in [-0.05, 0) is 12.5 Å². The van der Waals surface area contributed by atoms with Crippen molar-refractivity contribution in [3.8, 4) is 0 Å². The molecule has 0 saturated heterocycles. The molecule has 1 amide bonds. The van der Waals surface area contributed by atoms with Crippen LogP contribution < -0.4 is 0 Å². The van der Waals surface area contributed by atoms with Crippen LogP contribution in [-0.2, 0) is 6.54 Å². The highest BCUT2D eigenvalue weighted by Gasteiger charge is 2.04. The molecule has 0 saturated carbocycles. The molecule has 1 aromatic rings. The summed E-state index contributed by atoms with van der Waals surface area (Å²) in [5.41, 5.74) is 2.19. The molecule has 13 heavy (non-hydrogen) atoms. The minimum Gasteiger partial charge on any atom is -0.465 e. The molecule has 0 bridgehead atoms. The third-order valence-electron chi connectivity index (χ3n) is 1.87. The number of amides is 1. The first-order chi connectivity index (χ1) is 6.09. The smallest absolute Gasteiger partial charge is 0.407 e. The van der Waals surface area contributed by atoms with Crippen LogP contribution in [-0.4, -0.2) is 23.1 Å². The number of carbonyl (C=O) groups is 1. The van der Waals surface area contributed by atoms with E-state index in [4.69, 9.17) is 5.11 Å². The molecule has 3 nitrogen and oxygen atoms in total. The second kappa shape index (κ2) is 3.94. The molecule has 0 aromatic heterocycles. The molecule has 0 heterocycles. The van der Waals surface area contributed by atoms with E-state index in [2.05, 4.69) is 0 Å².